The Hall–Kier alpha value is -1.54. The summed E-state index contributed by atoms with van der Waals surface area (Å²) >= 11 is 1.54. The van der Waals surface area contributed by atoms with Gasteiger partial charge >= 0.3 is 0 Å². The first-order valence-corrected chi connectivity index (χ1v) is 11.6. The van der Waals surface area contributed by atoms with Gasteiger partial charge in [0.05, 0.1) is 16.3 Å². The van der Waals surface area contributed by atoms with E-state index in [2.05, 4.69) is 5.32 Å². The first-order chi connectivity index (χ1) is 12.4. The minimum atomic E-state index is -3.58. The Bertz CT molecular complexity index is 801. The summed E-state index contributed by atoms with van der Waals surface area (Å²) in [4.78, 5) is 27.0. The van der Waals surface area contributed by atoms with Crippen LogP contribution in [0.5, 0.6) is 0 Å². The van der Waals surface area contributed by atoms with Crippen molar-refractivity contribution in [1.29, 1.82) is 0 Å². The smallest absolute Gasteiger partial charge is 0.228 e. The summed E-state index contributed by atoms with van der Waals surface area (Å²) in [7, 11) is -3.58. The lowest BCUT2D eigenvalue weighted by atomic mass is 10.1. The van der Waals surface area contributed by atoms with Gasteiger partial charge in [-0.3, -0.25) is 9.59 Å². The number of sulfone groups is 1. The molecular formula is C18H24N2O4S2. The molecule has 1 aromatic rings. The Balaban J connectivity index is 1.70. The fourth-order valence-electron chi connectivity index (χ4n) is 3.11. The summed E-state index contributed by atoms with van der Waals surface area (Å²) in [5, 5.41) is 2.80. The highest BCUT2D eigenvalue weighted by atomic mass is 32.2. The number of anilines is 1. The zero-order valence-corrected chi connectivity index (χ0v) is 16.5. The molecule has 0 radical (unpaired) electrons. The molecule has 2 heterocycles. The summed E-state index contributed by atoms with van der Waals surface area (Å²) in [6.07, 6.45) is 3.09. The second kappa shape index (κ2) is 8.00. The molecule has 6 nitrogen and oxygen atoms in total. The molecule has 1 aromatic carbocycles. The van der Waals surface area contributed by atoms with Gasteiger partial charge in [-0.1, -0.05) is 6.92 Å². The second-order valence-corrected chi connectivity index (χ2v) is 10.0. The largest absolute Gasteiger partial charge is 0.343 e. The summed E-state index contributed by atoms with van der Waals surface area (Å²) in [6.45, 7) is 3.29. The molecule has 0 aliphatic carbocycles. The fraction of sp³-hybridized carbons (Fsp3) is 0.556. The van der Waals surface area contributed by atoms with E-state index in [-0.39, 0.29) is 34.8 Å². The van der Waals surface area contributed by atoms with Gasteiger partial charge in [-0.15, -0.1) is 11.8 Å². The van der Waals surface area contributed by atoms with Crippen LogP contribution in [0.2, 0.25) is 0 Å². The number of nitrogens with zero attached hydrogens (tertiary/aromatic N) is 1. The lowest BCUT2D eigenvalue weighted by Crippen LogP contribution is -2.36. The molecule has 142 valence electrons. The Labute approximate surface area is 158 Å². The highest BCUT2D eigenvalue weighted by Gasteiger charge is 2.24. The van der Waals surface area contributed by atoms with Gasteiger partial charge in [0.25, 0.3) is 0 Å². The molecule has 8 heteroatoms. The molecule has 2 amide bonds. The number of benzene rings is 1. The standard InChI is InChI=1S/C18H24N2O4S2/c1-13-12-25-16-6-5-14(11-15(16)19-18(13)22)26(23,24)10-7-17(21)20-8-3-2-4-9-20/h5-6,11,13H,2-4,7-10,12H2,1H3,(H,19,22)/t13-/m1/s1. The summed E-state index contributed by atoms with van der Waals surface area (Å²) < 4.78 is 25.3. The third-order valence-electron chi connectivity index (χ3n) is 4.80. The van der Waals surface area contributed by atoms with Crippen LogP contribution >= 0.6 is 11.8 Å². The lowest BCUT2D eigenvalue weighted by molar-refractivity contribution is -0.131. The van der Waals surface area contributed by atoms with E-state index in [1.807, 2.05) is 6.92 Å². The maximum absolute atomic E-state index is 12.6. The number of amides is 2. The number of nitrogens with one attached hydrogen (secondary N) is 1. The average molecular weight is 397 g/mol. The van der Waals surface area contributed by atoms with Crippen LogP contribution in [0.4, 0.5) is 5.69 Å². The minimum absolute atomic E-state index is 0.00242. The normalized spacial score (nSPS) is 20.9. The number of hydrogen-bond acceptors (Lipinski definition) is 5. The molecule has 1 fully saturated rings. The first kappa shape index (κ1) is 19.2. The van der Waals surface area contributed by atoms with E-state index < -0.39 is 9.84 Å². The number of carbonyl (C=O) groups excluding carboxylic acids is 2. The van der Waals surface area contributed by atoms with Gasteiger partial charge in [-0.2, -0.15) is 0 Å². The van der Waals surface area contributed by atoms with Crippen LogP contribution in [0.25, 0.3) is 0 Å². The topological polar surface area (TPSA) is 83.6 Å². The maximum atomic E-state index is 12.6. The molecule has 0 aromatic heterocycles. The van der Waals surface area contributed by atoms with Crippen LogP contribution in [0, 0.1) is 5.92 Å². The van der Waals surface area contributed by atoms with Crippen molar-refractivity contribution >= 4 is 39.1 Å². The third kappa shape index (κ3) is 4.40. The monoisotopic (exact) mass is 396 g/mol. The molecule has 0 bridgehead atoms. The predicted octanol–water partition coefficient (Wildman–Crippen LogP) is 2.54. The van der Waals surface area contributed by atoms with E-state index in [0.29, 0.717) is 11.4 Å². The number of carbonyl (C=O) groups is 2. The Morgan fingerprint density at radius 2 is 2.00 bits per heavy atom. The zero-order valence-electron chi connectivity index (χ0n) is 14.9. The highest BCUT2D eigenvalue weighted by molar-refractivity contribution is 7.99. The van der Waals surface area contributed by atoms with E-state index in [1.54, 1.807) is 17.0 Å². The molecule has 1 saturated heterocycles. The summed E-state index contributed by atoms with van der Waals surface area (Å²) in [5.41, 5.74) is 0.535. The minimum Gasteiger partial charge on any atom is -0.343 e. The molecule has 0 saturated carbocycles. The number of rotatable bonds is 4. The van der Waals surface area contributed by atoms with Crippen molar-refractivity contribution in [1.82, 2.24) is 4.90 Å². The zero-order chi connectivity index (χ0) is 18.7. The van der Waals surface area contributed by atoms with E-state index in [0.717, 1.165) is 37.2 Å². The van der Waals surface area contributed by atoms with Gasteiger partial charge in [0.2, 0.25) is 11.8 Å². The van der Waals surface area contributed by atoms with Gasteiger partial charge in [0.1, 0.15) is 0 Å². The van der Waals surface area contributed by atoms with E-state index in [1.165, 1.54) is 17.8 Å². The molecule has 26 heavy (non-hydrogen) atoms. The van der Waals surface area contributed by atoms with Crippen molar-refractivity contribution in [3.05, 3.63) is 18.2 Å². The Kier molecular flexibility index (Phi) is 5.92. The number of fused-ring (bicyclic) bond motifs is 1. The molecule has 2 aliphatic heterocycles. The van der Waals surface area contributed by atoms with Gasteiger partial charge in [0, 0.05) is 36.1 Å². The lowest BCUT2D eigenvalue weighted by Gasteiger charge is -2.26. The summed E-state index contributed by atoms with van der Waals surface area (Å²) in [5.74, 6) is 0.120. The summed E-state index contributed by atoms with van der Waals surface area (Å²) in [6, 6.07) is 4.81. The predicted molar refractivity (Wildman–Crippen MR) is 102 cm³/mol. The van der Waals surface area contributed by atoms with Gasteiger partial charge in [-0.05, 0) is 37.5 Å². The number of hydrogen-bond donors (Lipinski definition) is 1. The third-order valence-corrected chi connectivity index (χ3v) is 7.85. The fourth-order valence-corrected chi connectivity index (χ4v) is 5.38. The number of thioether (sulfide) groups is 1. The average Bonchev–Trinajstić information content (AvgIpc) is 2.78. The van der Waals surface area contributed by atoms with Crippen molar-refractivity contribution in [2.24, 2.45) is 5.92 Å². The van der Waals surface area contributed by atoms with Gasteiger partial charge in [0.15, 0.2) is 9.84 Å². The van der Waals surface area contributed by atoms with Crippen LogP contribution in [0.3, 0.4) is 0 Å². The molecule has 1 atom stereocenters. The van der Waals surface area contributed by atoms with E-state index in [4.69, 9.17) is 0 Å². The molecule has 3 rings (SSSR count). The number of likely N-dealkylation sites (tertiary alicyclic amines) is 1. The van der Waals surface area contributed by atoms with Crippen molar-refractivity contribution in [3.63, 3.8) is 0 Å². The van der Waals surface area contributed by atoms with Crippen molar-refractivity contribution in [2.75, 3.05) is 29.9 Å². The molecule has 1 N–H and O–H groups in total. The van der Waals surface area contributed by atoms with Crippen LogP contribution in [-0.2, 0) is 19.4 Å². The van der Waals surface area contributed by atoms with E-state index >= 15 is 0 Å². The van der Waals surface area contributed by atoms with Crippen LogP contribution < -0.4 is 5.32 Å². The van der Waals surface area contributed by atoms with Crippen LogP contribution in [0.1, 0.15) is 32.6 Å². The van der Waals surface area contributed by atoms with Crippen molar-refractivity contribution < 1.29 is 18.0 Å². The Morgan fingerprint density at radius 3 is 2.73 bits per heavy atom. The quantitative estimate of drug-likeness (QED) is 0.846. The van der Waals surface area contributed by atoms with Crippen molar-refractivity contribution in [2.45, 2.75) is 42.4 Å². The Morgan fingerprint density at radius 1 is 1.27 bits per heavy atom. The molecule has 0 spiro atoms. The van der Waals surface area contributed by atoms with Gasteiger partial charge < -0.3 is 10.2 Å². The molecular weight excluding hydrogens is 372 g/mol. The molecule has 0 unspecified atom stereocenters. The molecule has 2 aliphatic rings. The highest BCUT2D eigenvalue weighted by Crippen LogP contribution is 2.34. The maximum Gasteiger partial charge on any atom is 0.228 e. The number of piperidine rings is 1. The van der Waals surface area contributed by atoms with Crippen molar-refractivity contribution in [3.8, 4) is 0 Å². The van der Waals surface area contributed by atoms with E-state index in [9.17, 15) is 18.0 Å². The second-order valence-electron chi connectivity index (χ2n) is 6.87. The first-order valence-electron chi connectivity index (χ1n) is 8.95. The van der Waals surface area contributed by atoms with Crippen LogP contribution in [-0.4, -0.2) is 49.7 Å². The van der Waals surface area contributed by atoms with Gasteiger partial charge in [-0.25, -0.2) is 8.42 Å². The van der Waals surface area contributed by atoms with Crippen LogP contribution in [0.15, 0.2) is 28.0 Å². The SMILES string of the molecule is C[C@@H]1CSc2ccc(S(=O)(=O)CCC(=O)N3CCCCC3)cc2NC1=O.